The lowest BCUT2D eigenvalue weighted by molar-refractivity contribution is -0.178. The Kier molecular flexibility index (Phi) is 4.32. The number of carbonyl (C=O) groups is 1. The van der Waals surface area contributed by atoms with Gasteiger partial charge in [-0.25, -0.2) is 0 Å². The zero-order valence-electron chi connectivity index (χ0n) is 16.1. The van der Waals surface area contributed by atoms with Crippen molar-refractivity contribution < 1.29 is 9.90 Å². The predicted molar refractivity (Wildman–Crippen MR) is 110 cm³/mol. The van der Waals surface area contributed by atoms with E-state index < -0.39 is 5.60 Å². The molecule has 1 N–H and O–H groups in total. The van der Waals surface area contributed by atoms with E-state index in [0.717, 1.165) is 37.9 Å². The van der Waals surface area contributed by atoms with Crippen molar-refractivity contribution >= 4 is 17.5 Å². The maximum absolute atomic E-state index is 13.2. The molecule has 2 nitrogen and oxygen atoms in total. The van der Waals surface area contributed by atoms with Gasteiger partial charge in [0.15, 0.2) is 0 Å². The van der Waals surface area contributed by atoms with Gasteiger partial charge >= 0.3 is 0 Å². The summed E-state index contributed by atoms with van der Waals surface area (Å²) in [5, 5.41) is 11.6. The first kappa shape index (κ1) is 18.0. The molecule has 144 valence electrons. The molecule has 3 saturated carbocycles. The minimum absolute atomic E-state index is 0.0360. The van der Waals surface area contributed by atoms with Crippen LogP contribution in [0.15, 0.2) is 47.4 Å². The van der Waals surface area contributed by atoms with Gasteiger partial charge in [-0.05, 0) is 80.2 Å². The third-order valence-electron chi connectivity index (χ3n) is 8.13. The molecule has 0 aromatic heterocycles. The van der Waals surface area contributed by atoms with Crippen molar-refractivity contribution in [1.82, 2.24) is 0 Å². The standard InChI is InChI=1S/C24H30O2S/c1-23(26)20-10-6-5-7-16(20)12-24-13-17(11-21(25)22(23)24)18(14-24)15-27-19-8-3-2-4-9-19/h2-5,7-9,16-18,20,22,26H,6,10-15H2,1H3/t16-,17-,18-,20-,22+,23-,24+/m1/s1. The Labute approximate surface area is 166 Å². The summed E-state index contributed by atoms with van der Waals surface area (Å²) < 4.78 is 0. The third kappa shape index (κ3) is 2.84. The number of hydrogen-bond acceptors (Lipinski definition) is 3. The van der Waals surface area contributed by atoms with E-state index in [0.29, 0.717) is 30.0 Å². The van der Waals surface area contributed by atoms with Crippen LogP contribution in [0.5, 0.6) is 0 Å². The summed E-state index contributed by atoms with van der Waals surface area (Å²) in [6, 6.07) is 10.6. The van der Waals surface area contributed by atoms with Crippen LogP contribution in [-0.4, -0.2) is 22.2 Å². The summed E-state index contributed by atoms with van der Waals surface area (Å²) in [6.07, 6.45) is 10.8. The average Bonchev–Trinajstić information content (AvgIpc) is 2.91. The molecule has 3 fully saturated rings. The first-order chi connectivity index (χ1) is 13.0. The molecule has 1 aromatic rings. The van der Waals surface area contributed by atoms with Gasteiger partial charge in [0.2, 0.25) is 0 Å². The first-order valence-corrected chi connectivity index (χ1v) is 11.6. The number of carbonyl (C=O) groups excluding carboxylic acids is 1. The maximum Gasteiger partial charge on any atom is 0.139 e. The Morgan fingerprint density at radius 2 is 2.00 bits per heavy atom. The Morgan fingerprint density at radius 3 is 2.81 bits per heavy atom. The smallest absolute Gasteiger partial charge is 0.139 e. The minimum Gasteiger partial charge on any atom is -0.389 e. The number of Topliss-reactive ketones (excluding diaryl/α,β-unsaturated/α-hetero) is 1. The molecular formula is C24H30O2S. The minimum atomic E-state index is -0.836. The molecule has 0 heterocycles. The van der Waals surface area contributed by atoms with Gasteiger partial charge in [0.25, 0.3) is 0 Å². The van der Waals surface area contributed by atoms with Crippen LogP contribution in [0, 0.1) is 35.0 Å². The first-order valence-electron chi connectivity index (χ1n) is 10.6. The molecule has 1 aromatic carbocycles. The van der Waals surface area contributed by atoms with Gasteiger partial charge in [-0.1, -0.05) is 30.4 Å². The number of allylic oxidation sites excluding steroid dienone is 2. The molecule has 0 radical (unpaired) electrons. The van der Waals surface area contributed by atoms with Crippen LogP contribution in [0.2, 0.25) is 0 Å². The van der Waals surface area contributed by atoms with Crippen molar-refractivity contribution in [3.05, 3.63) is 42.5 Å². The highest BCUT2D eigenvalue weighted by atomic mass is 32.2. The van der Waals surface area contributed by atoms with Gasteiger partial charge < -0.3 is 5.11 Å². The van der Waals surface area contributed by atoms with Crippen molar-refractivity contribution in [3.63, 3.8) is 0 Å². The fourth-order valence-electron chi connectivity index (χ4n) is 7.31. The van der Waals surface area contributed by atoms with Crippen molar-refractivity contribution in [2.45, 2.75) is 55.9 Å². The lowest BCUT2D eigenvalue weighted by atomic mass is 9.48. The van der Waals surface area contributed by atoms with E-state index in [9.17, 15) is 9.90 Å². The molecule has 2 bridgehead atoms. The summed E-state index contributed by atoms with van der Waals surface area (Å²) in [7, 11) is 0. The molecule has 0 amide bonds. The van der Waals surface area contributed by atoms with Crippen molar-refractivity contribution in [2.24, 2.45) is 35.0 Å². The lowest BCUT2D eigenvalue weighted by Gasteiger charge is -2.57. The van der Waals surface area contributed by atoms with E-state index in [4.69, 9.17) is 0 Å². The SMILES string of the molecule is C[C@@]1(O)[C@@H]2CCC=C[C@@H]2C[C@@]23C[C@@H](CC(=O)[C@H]21)[C@@H](CSc1ccccc1)C3. The highest BCUT2D eigenvalue weighted by Crippen LogP contribution is 2.67. The van der Waals surface area contributed by atoms with Gasteiger partial charge in [0.1, 0.15) is 5.78 Å². The summed E-state index contributed by atoms with van der Waals surface area (Å²) >= 11 is 1.94. The second kappa shape index (κ2) is 6.49. The highest BCUT2D eigenvalue weighted by molar-refractivity contribution is 7.99. The van der Waals surface area contributed by atoms with Gasteiger partial charge in [-0.3, -0.25) is 4.79 Å². The number of thioether (sulfide) groups is 1. The number of hydrogen-bond donors (Lipinski definition) is 1. The molecular weight excluding hydrogens is 352 g/mol. The molecule has 5 rings (SSSR count). The van der Waals surface area contributed by atoms with E-state index >= 15 is 0 Å². The van der Waals surface area contributed by atoms with Gasteiger partial charge in [-0.2, -0.15) is 0 Å². The third-order valence-corrected chi connectivity index (χ3v) is 9.33. The van der Waals surface area contributed by atoms with Crippen molar-refractivity contribution in [1.29, 1.82) is 0 Å². The molecule has 0 saturated heterocycles. The molecule has 4 aliphatic rings. The second-order valence-electron chi connectivity index (χ2n) is 9.72. The van der Waals surface area contributed by atoms with Crippen LogP contribution >= 0.6 is 11.8 Å². The average molecular weight is 383 g/mol. The highest BCUT2D eigenvalue weighted by Gasteiger charge is 2.66. The molecule has 3 heteroatoms. The Hall–Kier alpha value is -1.06. The number of ketones is 1. The number of benzene rings is 1. The summed E-state index contributed by atoms with van der Waals surface area (Å²) in [5.74, 6) is 3.15. The largest absolute Gasteiger partial charge is 0.389 e. The molecule has 0 aliphatic heterocycles. The topological polar surface area (TPSA) is 37.3 Å². The van der Waals surface area contributed by atoms with E-state index in [-0.39, 0.29) is 17.3 Å². The van der Waals surface area contributed by atoms with E-state index in [1.165, 1.54) is 4.90 Å². The molecule has 27 heavy (non-hydrogen) atoms. The Balaban J connectivity index is 1.41. The lowest BCUT2D eigenvalue weighted by Crippen LogP contribution is -2.61. The molecule has 1 spiro atoms. The predicted octanol–water partition coefficient (Wildman–Crippen LogP) is 5.12. The van der Waals surface area contributed by atoms with Crippen molar-refractivity contribution in [2.75, 3.05) is 5.75 Å². The molecule has 0 unspecified atom stereocenters. The van der Waals surface area contributed by atoms with Crippen LogP contribution in [0.3, 0.4) is 0 Å². The second-order valence-corrected chi connectivity index (χ2v) is 10.8. The van der Waals surface area contributed by atoms with Crippen LogP contribution < -0.4 is 0 Å². The van der Waals surface area contributed by atoms with Crippen LogP contribution in [0.1, 0.15) is 45.4 Å². The van der Waals surface area contributed by atoms with E-state index in [1.54, 1.807) is 0 Å². The summed E-state index contributed by atoms with van der Waals surface area (Å²) in [6.45, 7) is 1.99. The summed E-state index contributed by atoms with van der Waals surface area (Å²) in [4.78, 5) is 14.5. The van der Waals surface area contributed by atoms with E-state index in [2.05, 4.69) is 42.5 Å². The van der Waals surface area contributed by atoms with Gasteiger partial charge in [0.05, 0.1) is 11.5 Å². The zero-order chi connectivity index (χ0) is 18.6. The molecule has 7 atom stereocenters. The van der Waals surface area contributed by atoms with E-state index in [1.807, 2.05) is 18.7 Å². The number of rotatable bonds is 3. The van der Waals surface area contributed by atoms with Crippen LogP contribution in [-0.2, 0) is 4.79 Å². The number of fused-ring (bicyclic) bond motifs is 2. The fraction of sp³-hybridized carbons (Fsp3) is 0.625. The van der Waals surface area contributed by atoms with Crippen LogP contribution in [0.4, 0.5) is 0 Å². The normalized spacial score (nSPS) is 45.4. The maximum atomic E-state index is 13.2. The van der Waals surface area contributed by atoms with Crippen LogP contribution in [0.25, 0.3) is 0 Å². The fourth-order valence-corrected chi connectivity index (χ4v) is 8.46. The molecule has 4 aliphatic carbocycles. The Morgan fingerprint density at radius 1 is 1.19 bits per heavy atom. The monoisotopic (exact) mass is 382 g/mol. The van der Waals surface area contributed by atoms with Crippen molar-refractivity contribution in [3.8, 4) is 0 Å². The van der Waals surface area contributed by atoms with Gasteiger partial charge in [0, 0.05) is 17.1 Å². The van der Waals surface area contributed by atoms with Gasteiger partial charge in [-0.15, -0.1) is 11.8 Å². The zero-order valence-corrected chi connectivity index (χ0v) is 17.0. The Bertz CT molecular complexity index is 755. The summed E-state index contributed by atoms with van der Waals surface area (Å²) in [5.41, 5.74) is -0.800. The number of aliphatic hydroxyl groups is 1. The quantitative estimate of drug-likeness (QED) is 0.582.